The SMILES string of the molecule is CNC(=O)c1ccc(C[NH+](C)[C@@H](C)C(=O)N(C)C)cc1. The molecular weight excluding hydrogens is 254 g/mol. The summed E-state index contributed by atoms with van der Waals surface area (Å²) in [7, 11) is 7.15. The summed E-state index contributed by atoms with van der Waals surface area (Å²) in [5.41, 5.74) is 1.75. The van der Waals surface area contributed by atoms with Crippen LogP contribution in [0.3, 0.4) is 0 Å². The molecule has 2 N–H and O–H groups in total. The highest BCUT2D eigenvalue weighted by Crippen LogP contribution is 2.03. The number of nitrogens with one attached hydrogen (secondary N) is 2. The van der Waals surface area contributed by atoms with Gasteiger partial charge in [0.2, 0.25) is 0 Å². The molecule has 0 aromatic heterocycles. The van der Waals surface area contributed by atoms with Crippen molar-refractivity contribution in [3.63, 3.8) is 0 Å². The predicted octanol–water partition coefficient (Wildman–Crippen LogP) is -0.462. The standard InChI is InChI=1S/C15H23N3O2/c1-11(15(20)17(3)4)18(5)10-12-6-8-13(9-7-12)14(19)16-2/h6-9,11H,10H2,1-5H3,(H,16,19)/p+1/t11-/m0/s1. The summed E-state index contributed by atoms with van der Waals surface area (Å²) in [4.78, 5) is 26.1. The molecular formula is C15H24N3O2+. The van der Waals surface area contributed by atoms with Gasteiger partial charge < -0.3 is 15.1 Å². The van der Waals surface area contributed by atoms with Gasteiger partial charge >= 0.3 is 0 Å². The summed E-state index contributed by atoms with van der Waals surface area (Å²) < 4.78 is 0. The molecule has 110 valence electrons. The average molecular weight is 278 g/mol. The minimum atomic E-state index is -0.0939. The third-order valence-electron chi connectivity index (χ3n) is 3.48. The molecule has 5 heteroatoms. The van der Waals surface area contributed by atoms with Gasteiger partial charge in [-0.25, -0.2) is 0 Å². The Balaban J connectivity index is 2.69. The van der Waals surface area contributed by atoms with Crippen LogP contribution in [0.1, 0.15) is 22.8 Å². The molecule has 2 amide bonds. The highest BCUT2D eigenvalue weighted by Gasteiger charge is 2.23. The lowest BCUT2D eigenvalue weighted by molar-refractivity contribution is -0.908. The van der Waals surface area contributed by atoms with Gasteiger partial charge in [-0.2, -0.15) is 0 Å². The van der Waals surface area contributed by atoms with Gasteiger partial charge in [0.05, 0.1) is 7.05 Å². The zero-order chi connectivity index (χ0) is 15.3. The molecule has 1 aromatic carbocycles. The van der Waals surface area contributed by atoms with E-state index in [1.165, 1.54) is 0 Å². The smallest absolute Gasteiger partial charge is 0.280 e. The summed E-state index contributed by atoms with van der Waals surface area (Å²) in [6.07, 6.45) is 0. The van der Waals surface area contributed by atoms with E-state index in [4.69, 9.17) is 0 Å². The van der Waals surface area contributed by atoms with Crippen molar-refractivity contribution in [1.82, 2.24) is 10.2 Å². The Morgan fingerprint density at radius 3 is 2.25 bits per heavy atom. The zero-order valence-corrected chi connectivity index (χ0v) is 12.9. The number of carbonyl (C=O) groups excluding carboxylic acids is 2. The van der Waals surface area contributed by atoms with Gasteiger partial charge in [-0.1, -0.05) is 12.1 Å². The fourth-order valence-corrected chi connectivity index (χ4v) is 1.99. The molecule has 0 heterocycles. The molecule has 0 bridgehead atoms. The first kappa shape index (κ1) is 16.2. The van der Waals surface area contributed by atoms with Crippen molar-refractivity contribution >= 4 is 11.8 Å². The second-order valence-electron chi connectivity index (χ2n) is 5.25. The molecule has 2 atom stereocenters. The van der Waals surface area contributed by atoms with Crippen LogP contribution in [0.25, 0.3) is 0 Å². The van der Waals surface area contributed by atoms with Gasteiger partial charge in [0.15, 0.2) is 6.04 Å². The van der Waals surface area contributed by atoms with Gasteiger partial charge in [-0.15, -0.1) is 0 Å². The summed E-state index contributed by atoms with van der Waals surface area (Å²) in [6, 6.07) is 7.38. The Morgan fingerprint density at radius 2 is 1.80 bits per heavy atom. The first-order chi connectivity index (χ1) is 9.36. The molecule has 0 radical (unpaired) electrons. The maximum atomic E-state index is 11.9. The summed E-state index contributed by atoms with van der Waals surface area (Å²) in [6.45, 7) is 2.67. The number of likely N-dealkylation sites (N-methyl/N-ethyl adjacent to an activating group) is 2. The Labute approximate surface area is 120 Å². The van der Waals surface area contributed by atoms with E-state index in [1.807, 2.05) is 26.1 Å². The van der Waals surface area contributed by atoms with Crippen molar-refractivity contribution in [2.75, 3.05) is 28.2 Å². The molecule has 0 aliphatic carbocycles. The first-order valence-electron chi connectivity index (χ1n) is 6.71. The van der Waals surface area contributed by atoms with Gasteiger partial charge in [0.25, 0.3) is 11.8 Å². The molecule has 0 saturated heterocycles. The number of quaternary nitrogens is 1. The Morgan fingerprint density at radius 1 is 1.25 bits per heavy atom. The third-order valence-corrected chi connectivity index (χ3v) is 3.48. The monoisotopic (exact) mass is 278 g/mol. The van der Waals surface area contributed by atoms with E-state index in [1.54, 1.807) is 38.2 Å². The molecule has 1 unspecified atom stereocenters. The van der Waals surface area contributed by atoms with Crippen LogP contribution in [0.15, 0.2) is 24.3 Å². The number of carbonyl (C=O) groups is 2. The maximum absolute atomic E-state index is 11.9. The topological polar surface area (TPSA) is 53.9 Å². The van der Waals surface area contributed by atoms with Crippen LogP contribution < -0.4 is 10.2 Å². The number of benzene rings is 1. The van der Waals surface area contributed by atoms with E-state index in [2.05, 4.69) is 5.32 Å². The number of nitrogens with zero attached hydrogens (tertiary/aromatic N) is 1. The van der Waals surface area contributed by atoms with E-state index in [0.717, 1.165) is 17.0 Å². The Bertz CT molecular complexity index is 469. The predicted molar refractivity (Wildman–Crippen MR) is 78.6 cm³/mol. The highest BCUT2D eigenvalue weighted by molar-refractivity contribution is 5.93. The minimum absolute atomic E-state index is 0.0894. The van der Waals surface area contributed by atoms with E-state index in [-0.39, 0.29) is 17.9 Å². The van der Waals surface area contributed by atoms with Crippen molar-refractivity contribution in [3.05, 3.63) is 35.4 Å². The van der Waals surface area contributed by atoms with Crippen LogP contribution in [0.4, 0.5) is 0 Å². The third kappa shape index (κ3) is 4.06. The van der Waals surface area contributed by atoms with Crippen LogP contribution in [0, 0.1) is 0 Å². The van der Waals surface area contributed by atoms with E-state index >= 15 is 0 Å². The molecule has 0 spiro atoms. The van der Waals surface area contributed by atoms with Crippen LogP contribution in [-0.4, -0.2) is 50.9 Å². The molecule has 0 fully saturated rings. The lowest BCUT2D eigenvalue weighted by Crippen LogP contribution is -3.12. The number of rotatable bonds is 5. The number of amides is 2. The van der Waals surface area contributed by atoms with Crippen molar-refractivity contribution in [2.45, 2.75) is 19.5 Å². The maximum Gasteiger partial charge on any atom is 0.280 e. The van der Waals surface area contributed by atoms with Crippen LogP contribution in [0.2, 0.25) is 0 Å². The summed E-state index contributed by atoms with van der Waals surface area (Å²) in [5.74, 6) is 0.0258. The first-order valence-corrected chi connectivity index (χ1v) is 6.71. The average Bonchev–Trinajstić information content (AvgIpc) is 2.45. The van der Waals surface area contributed by atoms with Gasteiger partial charge in [-0.05, 0) is 19.1 Å². The van der Waals surface area contributed by atoms with E-state index in [9.17, 15) is 9.59 Å². The number of hydrogen-bond acceptors (Lipinski definition) is 2. The largest absolute Gasteiger partial charge is 0.355 e. The molecule has 0 aliphatic rings. The second kappa shape index (κ2) is 7.05. The second-order valence-corrected chi connectivity index (χ2v) is 5.25. The van der Waals surface area contributed by atoms with E-state index in [0.29, 0.717) is 5.56 Å². The van der Waals surface area contributed by atoms with Crippen molar-refractivity contribution in [3.8, 4) is 0 Å². The Kier molecular flexibility index (Phi) is 5.70. The molecule has 5 nitrogen and oxygen atoms in total. The van der Waals surface area contributed by atoms with Gasteiger partial charge in [0.1, 0.15) is 6.54 Å². The van der Waals surface area contributed by atoms with E-state index < -0.39 is 0 Å². The van der Waals surface area contributed by atoms with Crippen LogP contribution >= 0.6 is 0 Å². The van der Waals surface area contributed by atoms with Crippen molar-refractivity contribution in [1.29, 1.82) is 0 Å². The minimum Gasteiger partial charge on any atom is -0.355 e. The molecule has 1 aromatic rings. The quantitative estimate of drug-likeness (QED) is 0.766. The molecule has 0 saturated carbocycles. The Hall–Kier alpha value is -1.88. The number of hydrogen-bond donors (Lipinski definition) is 2. The fraction of sp³-hybridized carbons (Fsp3) is 0.467. The van der Waals surface area contributed by atoms with Crippen LogP contribution in [-0.2, 0) is 11.3 Å². The molecule has 0 aliphatic heterocycles. The van der Waals surface area contributed by atoms with Gasteiger partial charge in [0, 0.05) is 32.3 Å². The van der Waals surface area contributed by atoms with Crippen molar-refractivity contribution in [2.24, 2.45) is 0 Å². The molecule has 1 rings (SSSR count). The van der Waals surface area contributed by atoms with Crippen molar-refractivity contribution < 1.29 is 14.5 Å². The van der Waals surface area contributed by atoms with Gasteiger partial charge in [-0.3, -0.25) is 9.59 Å². The summed E-state index contributed by atoms with van der Waals surface area (Å²) in [5, 5.41) is 2.59. The fourth-order valence-electron chi connectivity index (χ4n) is 1.99. The summed E-state index contributed by atoms with van der Waals surface area (Å²) >= 11 is 0. The lowest BCUT2D eigenvalue weighted by Gasteiger charge is -2.23. The normalized spacial score (nSPS) is 13.4. The van der Waals surface area contributed by atoms with Crippen LogP contribution in [0.5, 0.6) is 0 Å². The molecule has 20 heavy (non-hydrogen) atoms. The zero-order valence-electron chi connectivity index (χ0n) is 12.9. The lowest BCUT2D eigenvalue weighted by atomic mass is 10.1. The highest BCUT2D eigenvalue weighted by atomic mass is 16.2.